The molecule has 0 saturated carbocycles. The first-order valence-electron chi connectivity index (χ1n) is 5.05. The highest BCUT2D eigenvalue weighted by molar-refractivity contribution is 8.05. The SMILES string of the molecule is CC(=O)CCCCCC1=CC=C=CS1. The Labute approximate surface area is 90.0 Å². The summed E-state index contributed by atoms with van der Waals surface area (Å²) in [5.41, 5.74) is 3.02. The molecule has 0 aromatic rings. The molecule has 0 unspecified atom stereocenters. The van der Waals surface area contributed by atoms with Gasteiger partial charge in [0.25, 0.3) is 0 Å². The van der Waals surface area contributed by atoms with E-state index in [0.717, 1.165) is 25.7 Å². The molecule has 1 aliphatic rings. The van der Waals surface area contributed by atoms with E-state index in [1.165, 1.54) is 11.3 Å². The number of allylic oxidation sites excluding steroid dienone is 3. The van der Waals surface area contributed by atoms with Crippen molar-refractivity contribution in [3.8, 4) is 0 Å². The Morgan fingerprint density at radius 1 is 1.43 bits per heavy atom. The van der Waals surface area contributed by atoms with Gasteiger partial charge >= 0.3 is 0 Å². The zero-order chi connectivity index (χ0) is 10.2. The number of carbonyl (C=O) groups excluding carboxylic acids is 1. The van der Waals surface area contributed by atoms with Gasteiger partial charge in [0, 0.05) is 11.8 Å². The van der Waals surface area contributed by atoms with Gasteiger partial charge in [0.15, 0.2) is 0 Å². The lowest BCUT2D eigenvalue weighted by Crippen LogP contribution is -1.89. The van der Waals surface area contributed by atoms with Crippen molar-refractivity contribution < 1.29 is 4.79 Å². The highest BCUT2D eigenvalue weighted by Gasteiger charge is 1.98. The quantitative estimate of drug-likeness (QED) is 0.487. The highest BCUT2D eigenvalue weighted by atomic mass is 32.2. The molecule has 0 aliphatic carbocycles. The molecule has 1 rings (SSSR count). The van der Waals surface area contributed by atoms with Crippen LogP contribution in [0.4, 0.5) is 0 Å². The summed E-state index contributed by atoms with van der Waals surface area (Å²) in [7, 11) is 0. The van der Waals surface area contributed by atoms with Gasteiger partial charge in [0.05, 0.1) is 0 Å². The van der Waals surface area contributed by atoms with Crippen molar-refractivity contribution in [2.75, 3.05) is 0 Å². The van der Waals surface area contributed by atoms with Gasteiger partial charge in [-0.3, -0.25) is 0 Å². The maximum absolute atomic E-state index is 10.7. The number of thioether (sulfide) groups is 1. The average molecular weight is 208 g/mol. The van der Waals surface area contributed by atoms with E-state index in [4.69, 9.17) is 0 Å². The number of ketones is 1. The molecule has 14 heavy (non-hydrogen) atoms. The summed E-state index contributed by atoms with van der Waals surface area (Å²) < 4.78 is 0. The van der Waals surface area contributed by atoms with Crippen LogP contribution in [0, 0.1) is 0 Å². The van der Waals surface area contributed by atoms with E-state index in [-0.39, 0.29) is 0 Å². The molecule has 0 saturated heterocycles. The topological polar surface area (TPSA) is 17.1 Å². The molecule has 0 spiro atoms. The van der Waals surface area contributed by atoms with E-state index in [0.29, 0.717) is 5.78 Å². The van der Waals surface area contributed by atoms with Gasteiger partial charge < -0.3 is 4.79 Å². The molecule has 0 atom stereocenters. The Hall–Kier alpha value is -0.720. The van der Waals surface area contributed by atoms with E-state index in [1.807, 2.05) is 11.5 Å². The Morgan fingerprint density at radius 2 is 2.29 bits per heavy atom. The number of hydrogen-bond acceptors (Lipinski definition) is 2. The predicted octanol–water partition coefficient (Wildman–Crippen LogP) is 3.83. The van der Waals surface area contributed by atoms with Crippen molar-refractivity contribution in [2.45, 2.75) is 39.0 Å². The zero-order valence-corrected chi connectivity index (χ0v) is 9.40. The van der Waals surface area contributed by atoms with Crippen molar-refractivity contribution in [3.05, 3.63) is 28.2 Å². The lowest BCUT2D eigenvalue weighted by Gasteiger charge is -2.04. The van der Waals surface area contributed by atoms with Gasteiger partial charge in [0.1, 0.15) is 5.78 Å². The fraction of sp³-hybridized carbons (Fsp3) is 0.500. The predicted molar refractivity (Wildman–Crippen MR) is 62.1 cm³/mol. The van der Waals surface area contributed by atoms with Crippen LogP contribution in [-0.2, 0) is 4.79 Å². The zero-order valence-electron chi connectivity index (χ0n) is 8.58. The Kier molecular flexibility index (Phi) is 5.43. The van der Waals surface area contributed by atoms with Gasteiger partial charge in [-0.25, -0.2) is 0 Å². The fourth-order valence-corrected chi connectivity index (χ4v) is 2.03. The average Bonchev–Trinajstić information content (AvgIpc) is 2.18. The Morgan fingerprint density at radius 3 is 2.93 bits per heavy atom. The maximum atomic E-state index is 10.7. The normalized spacial score (nSPS) is 14.2. The molecule has 0 N–H and O–H groups in total. The molecule has 1 nitrogen and oxygen atoms in total. The van der Waals surface area contributed by atoms with Gasteiger partial charge in [-0.1, -0.05) is 18.2 Å². The molecule has 0 bridgehead atoms. The third kappa shape index (κ3) is 5.11. The summed E-state index contributed by atoms with van der Waals surface area (Å²) in [6, 6.07) is 0. The van der Waals surface area contributed by atoms with E-state index in [1.54, 1.807) is 18.7 Å². The Balaban J connectivity index is 2.02. The minimum absolute atomic E-state index is 0.308. The minimum atomic E-state index is 0.308. The third-order valence-electron chi connectivity index (χ3n) is 2.10. The summed E-state index contributed by atoms with van der Waals surface area (Å²) in [5, 5.41) is 1.99. The van der Waals surface area contributed by atoms with Crippen molar-refractivity contribution >= 4 is 17.5 Å². The van der Waals surface area contributed by atoms with Gasteiger partial charge in [-0.15, -0.1) is 5.73 Å². The molecular formula is C12H16OS. The Bertz CT molecular complexity index is 283. The summed E-state index contributed by atoms with van der Waals surface area (Å²) in [5.74, 6) is 0.308. The van der Waals surface area contributed by atoms with E-state index >= 15 is 0 Å². The van der Waals surface area contributed by atoms with Gasteiger partial charge in [0.2, 0.25) is 0 Å². The molecule has 0 aromatic carbocycles. The van der Waals surface area contributed by atoms with Gasteiger partial charge in [-0.05, 0) is 43.2 Å². The molecule has 1 heterocycles. The number of rotatable bonds is 6. The first-order valence-corrected chi connectivity index (χ1v) is 5.93. The number of Topliss-reactive ketones (excluding diaryl/α,β-unsaturated/α-hetero) is 1. The van der Waals surface area contributed by atoms with Crippen molar-refractivity contribution in [1.82, 2.24) is 0 Å². The summed E-state index contributed by atoms with van der Waals surface area (Å²) in [4.78, 5) is 12.1. The lowest BCUT2D eigenvalue weighted by molar-refractivity contribution is -0.117. The number of hydrogen-bond donors (Lipinski definition) is 0. The molecule has 0 amide bonds. The van der Waals surface area contributed by atoms with Crippen LogP contribution in [0.5, 0.6) is 0 Å². The lowest BCUT2D eigenvalue weighted by atomic mass is 10.1. The number of carbonyl (C=O) groups is 1. The first-order chi connectivity index (χ1) is 6.79. The van der Waals surface area contributed by atoms with Crippen LogP contribution in [0.25, 0.3) is 0 Å². The molecule has 76 valence electrons. The first kappa shape index (κ1) is 11.4. The largest absolute Gasteiger partial charge is 0.300 e. The monoisotopic (exact) mass is 208 g/mol. The minimum Gasteiger partial charge on any atom is -0.300 e. The highest BCUT2D eigenvalue weighted by Crippen LogP contribution is 2.25. The van der Waals surface area contributed by atoms with Crippen LogP contribution in [0.3, 0.4) is 0 Å². The summed E-state index contributed by atoms with van der Waals surface area (Å²) in [6.45, 7) is 1.66. The second-order valence-corrected chi connectivity index (χ2v) is 4.46. The molecule has 0 aromatic heterocycles. The van der Waals surface area contributed by atoms with Crippen LogP contribution < -0.4 is 0 Å². The fourth-order valence-electron chi connectivity index (χ4n) is 1.32. The van der Waals surface area contributed by atoms with Crippen LogP contribution in [0.1, 0.15) is 39.0 Å². The van der Waals surface area contributed by atoms with Crippen molar-refractivity contribution in [2.24, 2.45) is 0 Å². The summed E-state index contributed by atoms with van der Waals surface area (Å²) >= 11 is 1.75. The number of unbranched alkanes of at least 4 members (excludes halogenated alkanes) is 2. The molecule has 2 heteroatoms. The standard InChI is InChI=1S/C12H16OS/c1-11(13)7-3-2-4-8-12-9-5-6-10-14-12/h5,9-10H,2-4,7-8H2,1H3. The van der Waals surface area contributed by atoms with Crippen LogP contribution in [0.15, 0.2) is 28.2 Å². The molecular weight excluding hydrogens is 192 g/mol. The second kappa shape index (κ2) is 6.69. The van der Waals surface area contributed by atoms with E-state index in [9.17, 15) is 4.79 Å². The van der Waals surface area contributed by atoms with Crippen LogP contribution in [0.2, 0.25) is 0 Å². The van der Waals surface area contributed by atoms with E-state index in [2.05, 4.69) is 11.8 Å². The smallest absolute Gasteiger partial charge is 0.129 e. The van der Waals surface area contributed by atoms with Crippen LogP contribution >= 0.6 is 11.8 Å². The van der Waals surface area contributed by atoms with Crippen LogP contribution in [-0.4, -0.2) is 5.78 Å². The van der Waals surface area contributed by atoms with Crippen molar-refractivity contribution in [1.29, 1.82) is 0 Å². The third-order valence-corrected chi connectivity index (χ3v) is 2.99. The van der Waals surface area contributed by atoms with Crippen molar-refractivity contribution in [3.63, 3.8) is 0 Å². The molecule has 1 aliphatic heterocycles. The molecule has 0 radical (unpaired) electrons. The summed E-state index contributed by atoms with van der Waals surface area (Å²) in [6.07, 6.45) is 9.35. The second-order valence-electron chi connectivity index (χ2n) is 3.46. The van der Waals surface area contributed by atoms with Gasteiger partial charge in [-0.2, -0.15) is 0 Å². The van der Waals surface area contributed by atoms with E-state index < -0.39 is 0 Å². The molecule has 0 fully saturated rings. The maximum Gasteiger partial charge on any atom is 0.129 e.